The maximum Gasteiger partial charge on any atom is 0.337 e. The highest BCUT2D eigenvalue weighted by Gasteiger charge is 2.37. The molecule has 1 aliphatic rings. The number of hydrogen-bond acceptors (Lipinski definition) is 4. The molecule has 0 fully saturated rings. The Morgan fingerprint density at radius 1 is 1.05 bits per heavy atom. The van der Waals surface area contributed by atoms with Crippen LogP contribution in [0.3, 0.4) is 0 Å². The molecular weight excluding hydrogens is 306 g/mol. The fourth-order valence-electron chi connectivity index (χ4n) is 2.34. The Labute approximate surface area is 131 Å². The summed E-state index contributed by atoms with van der Waals surface area (Å²) in [5.74, 6) is -1.42. The molecular formula is C16H10ClNO4. The van der Waals surface area contributed by atoms with Gasteiger partial charge in [0.2, 0.25) is 0 Å². The van der Waals surface area contributed by atoms with Crippen molar-refractivity contribution in [2.45, 2.75) is 0 Å². The minimum Gasteiger partial charge on any atom is -0.465 e. The molecule has 0 unspecified atom stereocenters. The van der Waals surface area contributed by atoms with Crippen LogP contribution in [-0.2, 0) is 4.74 Å². The van der Waals surface area contributed by atoms with E-state index in [0.29, 0.717) is 11.1 Å². The summed E-state index contributed by atoms with van der Waals surface area (Å²) in [6.07, 6.45) is 0. The van der Waals surface area contributed by atoms with Crippen molar-refractivity contribution in [3.63, 3.8) is 0 Å². The number of nitrogens with zero attached hydrogens (tertiary/aromatic N) is 1. The van der Waals surface area contributed by atoms with Gasteiger partial charge in [-0.25, -0.2) is 9.69 Å². The summed E-state index contributed by atoms with van der Waals surface area (Å²) in [4.78, 5) is 37.3. The Balaban J connectivity index is 2.05. The summed E-state index contributed by atoms with van der Waals surface area (Å²) in [5, 5.41) is 0.123. The zero-order valence-corrected chi connectivity index (χ0v) is 12.3. The number of benzene rings is 2. The molecule has 1 aliphatic heterocycles. The van der Waals surface area contributed by atoms with Crippen LogP contribution in [0.2, 0.25) is 5.02 Å². The van der Waals surface area contributed by atoms with Gasteiger partial charge in [-0.1, -0.05) is 23.7 Å². The first-order valence-electron chi connectivity index (χ1n) is 6.40. The van der Waals surface area contributed by atoms with Gasteiger partial charge in [0.1, 0.15) is 0 Å². The molecule has 0 aromatic heterocycles. The molecule has 0 spiro atoms. The molecule has 3 rings (SSSR count). The predicted molar refractivity (Wildman–Crippen MR) is 80.4 cm³/mol. The van der Waals surface area contributed by atoms with Gasteiger partial charge in [-0.3, -0.25) is 9.59 Å². The third-order valence-electron chi connectivity index (χ3n) is 3.40. The molecule has 2 aromatic carbocycles. The molecule has 0 saturated heterocycles. The third kappa shape index (κ3) is 2.07. The monoisotopic (exact) mass is 315 g/mol. The molecule has 5 nitrogen and oxygen atoms in total. The third-order valence-corrected chi connectivity index (χ3v) is 3.71. The summed E-state index contributed by atoms with van der Waals surface area (Å²) in [6, 6.07) is 10.8. The number of rotatable bonds is 2. The number of methoxy groups -OCH3 is 1. The lowest BCUT2D eigenvalue weighted by Crippen LogP contribution is -2.29. The van der Waals surface area contributed by atoms with Gasteiger partial charge in [0.25, 0.3) is 11.8 Å². The van der Waals surface area contributed by atoms with Crippen molar-refractivity contribution in [3.8, 4) is 0 Å². The van der Waals surface area contributed by atoms with Gasteiger partial charge < -0.3 is 4.74 Å². The van der Waals surface area contributed by atoms with Crippen LogP contribution in [0.15, 0.2) is 42.5 Å². The summed E-state index contributed by atoms with van der Waals surface area (Å²) in [7, 11) is 1.26. The lowest BCUT2D eigenvalue weighted by Gasteiger charge is -2.16. The van der Waals surface area contributed by atoms with Crippen molar-refractivity contribution in [2.24, 2.45) is 0 Å². The first kappa shape index (κ1) is 14.3. The van der Waals surface area contributed by atoms with Crippen LogP contribution in [0.1, 0.15) is 31.1 Å². The Hall–Kier alpha value is -2.66. The zero-order chi connectivity index (χ0) is 15.9. The van der Waals surface area contributed by atoms with Gasteiger partial charge in [-0.15, -0.1) is 0 Å². The second-order valence-corrected chi connectivity index (χ2v) is 5.06. The molecule has 6 heteroatoms. The van der Waals surface area contributed by atoms with Crippen LogP contribution in [0, 0.1) is 0 Å². The average molecular weight is 316 g/mol. The second-order valence-electron chi connectivity index (χ2n) is 4.65. The Morgan fingerprint density at radius 2 is 1.64 bits per heavy atom. The van der Waals surface area contributed by atoms with Crippen LogP contribution in [0.4, 0.5) is 5.69 Å². The molecule has 0 atom stereocenters. The highest BCUT2D eigenvalue weighted by molar-refractivity contribution is 6.40. The fourth-order valence-corrected chi connectivity index (χ4v) is 2.61. The van der Waals surface area contributed by atoms with E-state index in [0.717, 1.165) is 4.90 Å². The largest absolute Gasteiger partial charge is 0.465 e. The van der Waals surface area contributed by atoms with E-state index in [2.05, 4.69) is 4.74 Å². The second kappa shape index (κ2) is 5.27. The van der Waals surface area contributed by atoms with Crippen LogP contribution < -0.4 is 4.90 Å². The maximum absolute atomic E-state index is 12.4. The van der Waals surface area contributed by atoms with E-state index in [1.165, 1.54) is 25.3 Å². The Bertz CT molecular complexity index is 781. The molecule has 0 saturated carbocycles. The quantitative estimate of drug-likeness (QED) is 0.631. The van der Waals surface area contributed by atoms with Crippen LogP contribution in [0.25, 0.3) is 0 Å². The van der Waals surface area contributed by atoms with Crippen molar-refractivity contribution in [3.05, 3.63) is 64.2 Å². The van der Waals surface area contributed by atoms with Crippen LogP contribution >= 0.6 is 11.6 Å². The number of fused-ring (bicyclic) bond motifs is 1. The lowest BCUT2D eigenvalue weighted by atomic mass is 10.1. The maximum atomic E-state index is 12.4. The van der Waals surface area contributed by atoms with E-state index >= 15 is 0 Å². The number of anilines is 1. The molecule has 2 amide bonds. The smallest absolute Gasteiger partial charge is 0.337 e. The molecule has 0 bridgehead atoms. The van der Waals surface area contributed by atoms with Gasteiger partial charge in [0.05, 0.1) is 34.5 Å². The number of amides is 2. The number of halogens is 1. The first-order chi connectivity index (χ1) is 10.5. The SMILES string of the molecule is COC(=O)c1ccc(N2C(=O)c3ccccc3C2=O)c(Cl)c1. The normalized spacial score (nSPS) is 13.3. The molecule has 1 heterocycles. The van der Waals surface area contributed by atoms with Gasteiger partial charge in [0.15, 0.2) is 0 Å². The molecule has 0 N–H and O–H groups in total. The van der Waals surface area contributed by atoms with E-state index in [1.54, 1.807) is 24.3 Å². The molecule has 0 aliphatic carbocycles. The first-order valence-corrected chi connectivity index (χ1v) is 6.78. The number of imide groups is 1. The van der Waals surface area contributed by atoms with Crippen molar-refractivity contribution in [1.29, 1.82) is 0 Å². The minimum atomic E-state index is -0.546. The number of carbonyl (C=O) groups is 3. The van der Waals surface area contributed by atoms with Crippen molar-refractivity contribution in [1.82, 2.24) is 0 Å². The van der Waals surface area contributed by atoms with Crippen molar-refractivity contribution in [2.75, 3.05) is 12.0 Å². The number of ether oxygens (including phenoxy) is 1. The summed E-state index contributed by atoms with van der Waals surface area (Å²) < 4.78 is 4.60. The van der Waals surface area contributed by atoms with Crippen molar-refractivity contribution < 1.29 is 19.1 Å². The molecule has 0 radical (unpaired) electrons. The van der Waals surface area contributed by atoms with Gasteiger partial charge in [-0.2, -0.15) is 0 Å². The van der Waals surface area contributed by atoms with E-state index in [4.69, 9.17) is 11.6 Å². The summed E-state index contributed by atoms with van der Waals surface area (Å²) in [6.45, 7) is 0. The van der Waals surface area contributed by atoms with Gasteiger partial charge in [0, 0.05) is 0 Å². The van der Waals surface area contributed by atoms with E-state index in [1.807, 2.05) is 0 Å². The van der Waals surface area contributed by atoms with E-state index in [-0.39, 0.29) is 16.3 Å². The average Bonchev–Trinajstić information content (AvgIpc) is 2.79. The van der Waals surface area contributed by atoms with Gasteiger partial charge in [-0.05, 0) is 30.3 Å². The predicted octanol–water partition coefficient (Wildman–Crippen LogP) is 2.93. The minimum absolute atomic E-state index is 0.123. The van der Waals surface area contributed by atoms with Gasteiger partial charge >= 0.3 is 5.97 Å². The number of carbonyl (C=O) groups excluding carboxylic acids is 3. The highest BCUT2D eigenvalue weighted by Crippen LogP contribution is 2.33. The summed E-state index contributed by atoms with van der Waals surface area (Å²) in [5.41, 5.74) is 1.15. The van der Waals surface area contributed by atoms with Crippen LogP contribution in [-0.4, -0.2) is 24.9 Å². The highest BCUT2D eigenvalue weighted by atomic mass is 35.5. The Morgan fingerprint density at radius 3 is 2.14 bits per heavy atom. The topological polar surface area (TPSA) is 63.7 Å². The zero-order valence-electron chi connectivity index (χ0n) is 11.5. The molecule has 22 heavy (non-hydrogen) atoms. The standard InChI is InChI=1S/C16H10ClNO4/c1-22-16(21)9-6-7-13(12(17)8-9)18-14(19)10-4-2-3-5-11(10)15(18)20/h2-8H,1H3. The number of hydrogen-bond donors (Lipinski definition) is 0. The van der Waals surface area contributed by atoms with Crippen LogP contribution in [0.5, 0.6) is 0 Å². The lowest BCUT2D eigenvalue weighted by molar-refractivity contribution is 0.0600. The van der Waals surface area contributed by atoms with Crippen molar-refractivity contribution >= 4 is 35.1 Å². The fraction of sp³-hybridized carbons (Fsp3) is 0.0625. The Kier molecular flexibility index (Phi) is 3.42. The van der Waals surface area contributed by atoms with E-state index < -0.39 is 17.8 Å². The molecule has 110 valence electrons. The summed E-state index contributed by atoms with van der Waals surface area (Å²) >= 11 is 6.13. The number of esters is 1. The molecule has 2 aromatic rings. The van der Waals surface area contributed by atoms with E-state index in [9.17, 15) is 14.4 Å².